The molecule has 2 heterocycles. The summed E-state index contributed by atoms with van der Waals surface area (Å²) in [4.78, 5) is 31.6. The number of hydrogen-bond acceptors (Lipinski definition) is 6. The van der Waals surface area contributed by atoms with Gasteiger partial charge in [-0.1, -0.05) is 48.5 Å². The normalized spacial score (nSPS) is 11.5. The van der Waals surface area contributed by atoms with Crippen LogP contribution in [0.2, 0.25) is 0 Å². The largest absolute Gasteiger partial charge is 0.365 e. The van der Waals surface area contributed by atoms with Gasteiger partial charge in [0.1, 0.15) is 12.0 Å². The van der Waals surface area contributed by atoms with E-state index in [2.05, 4.69) is 25.9 Å². The number of primary amides is 1. The first-order valence-electron chi connectivity index (χ1n) is 10.2. The van der Waals surface area contributed by atoms with Crippen LogP contribution in [0.15, 0.2) is 72.9 Å². The van der Waals surface area contributed by atoms with E-state index in [-0.39, 0.29) is 17.2 Å². The maximum absolute atomic E-state index is 14.8. The van der Waals surface area contributed by atoms with Crippen molar-refractivity contribution >= 4 is 40.5 Å². The van der Waals surface area contributed by atoms with Crippen molar-refractivity contribution in [2.75, 3.05) is 10.6 Å². The molecule has 1 atom stereocenters. The van der Waals surface area contributed by atoms with Gasteiger partial charge in [-0.05, 0) is 23.8 Å². The first-order chi connectivity index (χ1) is 16.0. The molecule has 0 aliphatic carbocycles. The number of halogens is 1. The maximum Gasteiger partial charge on any atom is 0.252 e. The molecule has 4 aromatic rings. The van der Waals surface area contributed by atoms with Crippen LogP contribution >= 0.6 is 0 Å². The van der Waals surface area contributed by atoms with Crippen molar-refractivity contribution in [3.8, 4) is 0 Å². The Bertz CT molecular complexity index is 1300. The number of fused-ring (bicyclic) bond motifs is 1. The van der Waals surface area contributed by atoms with E-state index in [0.717, 1.165) is 22.5 Å². The van der Waals surface area contributed by atoms with Crippen LogP contribution < -0.4 is 21.7 Å². The topological polar surface area (TPSA) is 122 Å². The fourth-order valence-electron chi connectivity index (χ4n) is 3.40. The van der Waals surface area contributed by atoms with Crippen LogP contribution in [0, 0.1) is 5.82 Å². The second-order valence-electron chi connectivity index (χ2n) is 7.29. The number of pyridine rings is 2. The van der Waals surface area contributed by atoms with E-state index < -0.39 is 17.9 Å². The number of carbonyl (C=O) groups excluding carboxylic acids is 2. The molecule has 8 nitrogen and oxygen atoms in total. The van der Waals surface area contributed by atoms with Crippen molar-refractivity contribution in [1.82, 2.24) is 15.3 Å². The van der Waals surface area contributed by atoms with Gasteiger partial charge in [-0.2, -0.15) is 0 Å². The summed E-state index contributed by atoms with van der Waals surface area (Å²) in [6.07, 6.45) is 1.85. The average Bonchev–Trinajstić information content (AvgIpc) is 2.81. The molecule has 166 valence electrons. The molecule has 0 unspecified atom stereocenters. The lowest BCUT2D eigenvalue weighted by molar-refractivity contribution is -0.110. The second kappa shape index (κ2) is 9.73. The van der Waals surface area contributed by atoms with Gasteiger partial charge in [0.15, 0.2) is 11.6 Å². The maximum atomic E-state index is 14.8. The molecule has 0 bridgehead atoms. The van der Waals surface area contributed by atoms with Crippen LogP contribution in [0.4, 0.5) is 21.7 Å². The molecule has 5 N–H and O–H groups in total. The molecular formula is C24H21FN6O2. The summed E-state index contributed by atoms with van der Waals surface area (Å²) < 4.78 is 14.8. The number of nitrogens with one attached hydrogen (secondary N) is 3. The molecule has 9 heteroatoms. The number of rotatable bonds is 9. The number of aromatic nitrogens is 2. The van der Waals surface area contributed by atoms with Crippen LogP contribution in [0.1, 0.15) is 15.9 Å². The van der Waals surface area contributed by atoms with E-state index in [1.54, 1.807) is 6.20 Å². The fourth-order valence-corrected chi connectivity index (χ4v) is 3.40. The first-order valence-corrected chi connectivity index (χ1v) is 10.2. The molecular weight excluding hydrogens is 423 g/mol. The molecule has 0 spiro atoms. The summed E-state index contributed by atoms with van der Waals surface area (Å²) in [5, 5.41) is 9.37. The number of anilines is 3. The zero-order valence-electron chi connectivity index (χ0n) is 17.5. The smallest absolute Gasteiger partial charge is 0.252 e. The fraction of sp³-hybridized carbons (Fsp3) is 0.0833. The van der Waals surface area contributed by atoms with Crippen LogP contribution in [-0.2, 0) is 11.2 Å². The Morgan fingerprint density at radius 2 is 1.82 bits per heavy atom. The Kier molecular flexibility index (Phi) is 6.40. The predicted octanol–water partition coefficient (Wildman–Crippen LogP) is 3.34. The van der Waals surface area contributed by atoms with Gasteiger partial charge in [0.25, 0.3) is 5.91 Å². The molecule has 0 fully saturated rings. The van der Waals surface area contributed by atoms with E-state index in [1.165, 1.54) is 0 Å². The Balaban J connectivity index is 1.65. The third kappa shape index (κ3) is 5.21. The zero-order valence-corrected chi connectivity index (χ0v) is 17.5. The Morgan fingerprint density at radius 1 is 1.06 bits per heavy atom. The summed E-state index contributed by atoms with van der Waals surface area (Å²) in [5.74, 6) is -1.70. The Hall–Kier alpha value is -4.53. The van der Waals surface area contributed by atoms with Crippen LogP contribution in [-0.4, -0.2) is 28.5 Å². The standard InChI is InChI=1S/C24H21FN6O2/c25-19-12-18(22(26)33)23(29-17-11-16-8-4-5-9-20(16)27-13-17)31-24(19)30-21(28-14-32)10-15-6-2-1-3-7-15/h1-9,11-14,21H,10H2,(H2,26,33)(H,28,32)(H2,29,30,31)/t21-/m1/s1. The number of amides is 2. The predicted molar refractivity (Wildman–Crippen MR) is 124 cm³/mol. The highest BCUT2D eigenvalue weighted by Gasteiger charge is 2.19. The number of carbonyl (C=O) groups is 2. The number of nitrogens with two attached hydrogens (primary N) is 1. The SMILES string of the molecule is NC(=O)c1cc(F)c(N[C@H](Cc2ccccc2)NC=O)nc1Nc1cnc2ccccc2c1. The minimum absolute atomic E-state index is 0.0630. The van der Waals surface area contributed by atoms with Crippen LogP contribution in [0.3, 0.4) is 0 Å². The van der Waals surface area contributed by atoms with Gasteiger partial charge in [0, 0.05) is 11.8 Å². The molecule has 4 rings (SSSR count). The third-order valence-electron chi connectivity index (χ3n) is 4.96. The van der Waals surface area contributed by atoms with Gasteiger partial charge >= 0.3 is 0 Å². The van der Waals surface area contributed by atoms with Gasteiger partial charge in [-0.25, -0.2) is 9.37 Å². The minimum atomic E-state index is -0.837. The van der Waals surface area contributed by atoms with Gasteiger partial charge in [-0.15, -0.1) is 0 Å². The molecule has 0 radical (unpaired) electrons. The van der Waals surface area contributed by atoms with Crippen molar-refractivity contribution in [3.05, 3.63) is 89.9 Å². The van der Waals surface area contributed by atoms with Gasteiger partial charge < -0.3 is 21.7 Å². The van der Waals surface area contributed by atoms with Crippen LogP contribution in [0.5, 0.6) is 0 Å². The summed E-state index contributed by atoms with van der Waals surface area (Å²) in [6, 6.07) is 19.8. The van der Waals surface area contributed by atoms with Crippen molar-refractivity contribution in [2.45, 2.75) is 12.6 Å². The summed E-state index contributed by atoms with van der Waals surface area (Å²) in [6.45, 7) is 0. The first kappa shape index (κ1) is 21.7. The van der Waals surface area contributed by atoms with Gasteiger partial charge in [0.05, 0.1) is 23.0 Å². The van der Waals surface area contributed by atoms with E-state index in [9.17, 15) is 14.0 Å². The number of para-hydroxylation sites is 1. The van der Waals surface area contributed by atoms with Crippen molar-refractivity contribution in [3.63, 3.8) is 0 Å². The lowest BCUT2D eigenvalue weighted by Crippen LogP contribution is -2.38. The number of benzene rings is 2. The average molecular weight is 444 g/mol. The lowest BCUT2D eigenvalue weighted by Gasteiger charge is -2.20. The van der Waals surface area contributed by atoms with E-state index >= 15 is 0 Å². The quantitative estimate of drug-likeness (QED) is 0.232. The molecule has 0 saturated carbocycles. The van der Waals surface area contributed by atoms with E-state index in [0.29, 0.717) is 18.5 Å². The lowest BCUT2D eigenvalue weighted by atomic mass is 10.1. The number of nitrogens with zero attached hydrogens (tertiary/aromatic N) is 2. The molecule has 2 aromatic heterocycles. The summed E-state index contributed by atoms with van der Waals surface area (Å²) in [5.41, 5.74) is 7.61. The monoisotopic (exact) mass is 444 g/mol. The highest BCUT2D eigenvalue weighted by molar-refractivity contribution is 5.98. The summed E-state index contributed by atoms with van der Waals surface area (Å²) >= 11 is 0. The zero-order chi connectivity index (χ0) is 23.2. The molecule has 2 amide bonds. The van der Waals surface area contributed by atoms with Crippen molar-refractivity contribution in [2.24, 2.45) is 5.73 Å². The Morgan fingerprint density at radius 3 is 2.58 bits per heavy atom. The van der Waals surface area contributed by atoms with E-state index in [1.807, 2.05) is 60.7 Å². The molecule has 0 aliphatic rings. The Labute approximate surface area is 189 Å². The third-order valence-corrected chi connectivity index (χ3v) is 4.96. The molecule has 2 aromatic carbocycles. The molecule has 0 saturated heterocycles. The molecule has 33 heavy (non-hydrogen) atoms. The second-order valence-corrected chi connectivity index (χ2v) is 7.29. The van der Waals surface area contributed by atoms with Crippen molar-refractivity contribution in [1.29, 1.82) is 0 Å². The molecule has 0 aliphatic heterocycles. The highest BCUT2D eigenvalue weighted by Crippen LogP contribution is 2.25. The number of hydrogen-bond donors (Lipinski definition) is 4. The van der Waals surface area contributed by atoms with Gasteiger partial charge in [-0.3, -0.25) is 14.6 Å². The van der Waals surface area contributed by atoms with Crippen molar-refractivity contribution < 1.29 is 14.0 Å². The summed E-state index contributed by atoms with van der Waals surface area (Å²) in [7, 11) is 0. The van der Waals surface area contributed by atoms with Gasteiger partial charge in [0.2, 0.25) is 6.41 Å². The minimum Gasteiger partial charge on any atom is -0.365 e. The van der Waals surface area contributed by atoms with E-state index in [4.69, 9.17) is 5.73 Å². The highest BCUT2D eigenvalue weighted by atomic mass is 19.1. The van der Waals surface area contributed by atoms with Crippen LogP contribution in [0.25, 0.3) is 10.9 Å².